The number of carbonyl (C=O) groups is 1. The van der Waals surface area contributed by atoms with E-state index in [9.17, 15) is 4.79 Å². The molecule has 120 valence electrons. The first kappa shape index (κ1) is 14.1. The van der Waals surface area contributed by atoms with Gasteiger partial charge in [0, 0.05) is 51.5 Å². The Morgan fingerprint density at radius 1 is 1.23 bits per heavy atom. The molecule has 1 aromatic heterocycles. The highest BCUT2D eigenvalue weighted by molar-refractivity contribution is 5.88. The van der Waals surface area contributed by atoms with Crippen molar-refractivity contribution in [2.24, 2.45) is 18.9 Å². The lowest BCUT2D eigenvalue weighted by Crippen LogP contribution is -2.54. The number of aryl methyl sites for hydroxylation is 1. The summed E-state index contributed by atoms with van der Waals surface area (Å²) in [7, 11) is 1.85. The van der Waals surface area contributed by atoms with Gasteiger partial charge in [-0.05, 0) is 31.1 Å². The van der Waals surface area contributed by atoms with Crippen LogP contribution in [0.4, 0.5) is 10.6 Å². The minimum Gasteiger partial charge on any atom is -0.322 e. The number of carbonyl (C=O) groups excluding carboxylic acids is 1. The number of rotatable bonds is 2. The Morgan fingerprint density at radius 3 is 2.64 bits per heavy atom. The lowest BCUT2D eigenvalue weighted by atomic mass is 9.93. The average molecular weight is 303 g/mol. The van der Waals surface area contributed by atoms with Gasteiger partial charge in [-0.2, -0.15) is 5.10 Å². The van der Waals surface area contributed by atoms with Crippen LogP contribution in [0.25, 0.3) is 0 Å². The van der Waals surface area contributed by atoms with E-state index in [0.29, 0.717) is 5.82 Å². The van der Waals surface area contributed by atoms with Crippen LogP contribution in [0.3, 0.4) is 0 Å². The maximum absolute atomic E-state index is 12.3. The molecule has 3 atom stereocenters. The molecule has 1 saturated heterocycles. The number of hydrogen-bond donors (Lipinski definition) is 1. The van der Waals surface area contributed by atoms with Crippen LogP contribution < -0.4 is 5.32 Å². The zero-order valence-corrected chi connectivity index (χ0v) is 13.2. The van der Waals surface area contributed by atoms with E-state index in [1.807, 2.05) is 24.2 Å². The van der Waals surface area contributed by atoms with Crippen LogP contribution in [-0.4, -0.2) is 57.8 Å². The molecule has 1 N–H and O–H groups in total. The van der Waals surface area contributed by atoms with Crippen LogP contribution in [-0.2, 0) is 7.05 Å². The summed E-state index contributed by atoms with van der Waals surface area (Å²) in [5, 5.41) is 7.08. The second kappa shape index (κ2) is 5.57. The summed E-state index contributed by atoms with van der Waals surface area (Å²) in [6, 6.07) is 2.59. The third kappa shape index (κ3) is 2.60. The van der Waals surface area contributed by atoms with Gasteiger partial charge in [-0.1, -0.05) is 6.42 Å². The standard InChI is InChI=1S/C16H25N5O/c1-19-5-4-15(18-19)17-16(22)21-8-6-20(7-9-21)14-11-12-2-3-13(14)10-12/h4-5,12-14H,2-3,6-11H2,1H3,(H,17,18,22)/t12-,13-,14-/m0/s1. The molecule has 6 heteroatoms. The number of nitrogens with zero attached hydrogens (tertiary/aromatic N) is 4. The molecule has 0 radical (unpaired) electrons. The fraction of sp³-hybridized carbons (Fsp3) is 0.750. The topological polar surface area (TPSA) is 53.4 Å². The first-order valence-corrected chi connectivity index (χ1v) is 8.48. The molecule has 2 heterocycles. The van der Waals surface area contributed by atoms with Crippen LogP contribution in [0.1, 0.15) is 25.7 Å². The van der Waals surface area contributed by atoms with Crippen LogP contribution in [0.5, 0.6) is 0 Å². The number of aromatic nitrogens is 2. The van der Waals surface area contributed by atoms with Crippen LogP contribution >= 0.6 is 0 Å². The monoisotopic (exact) mass is 303 g/mol. The fourth-order valence-electron chi connectivity index (χ4n) is 4.59. The smallest absolute Gasteiger partial charge is 0.322 e. The van der Waals surface area contributed by atoms with Gasteiger partial charge in [0.2, 0.25) is 0 Å². The predicted molar refractivity (Wildman–Crippen MR) is 84.6 cm³/mol. The van der Waals surface area contributed by atoms with Gasteiger partial charge >= 0.3 is 6.03 Å². The summed E-state index contributed by atoms with van der Waals surface area (Å²) in [5.41, 5.74) is 0. The van der Waals surface area contributed by atoms with Gasteiger partial charge < -0.3 is 4.90 Å². The highest BCUT2D eigenvalue weighted by Gasteiger charge is 2.42. The van der Waals surface area contributed by atoms with Crippen LogP contribution in [0.15, 0.2) is 12.3 Å². The van der Waals surface area contributed by atoms with Crippen molar-refractivity contribution in [1.29, 1.82) is 0 Å². The summed E-state index contributed by atoms with van der Waals surface area (Å²) in [4.78, 5) is 16.8. The van der Waals surface area contributed by atoms with Crippen molar-refractivity contribution < 1.29 is 4.79 Å². The molecular formula is C16H25N5O. The van der Waals surface area contributed by atoms with Crippen LogP contribution in [0, 0.1) is 11.8 Å². The van der Waals surface area contributed by atoms with Gasteiger partial charge in [-0.15, -0.1) is 0 Å². The Hall–Kier alpha value is -1.56. The summed E-state index contributed by atoms with van der Waals surface area (Å²) >= 11 is 0. The molecule has 2 amide bonds. The average Bonchev–Trinajstić information content (AvgIpc) is 3.24. The normalized spacial score (nSPS) is 31.7. The van der Waals surface area contributed by atoms with Gasteiger partial charge in [0.15, 0.2) is 5.82 Å². The minimum atomic E-state index is -0.0220. The summed E-state index contributed by atoms with van der Waals surface area (Å²) < 4.78 is 1.70. The third-order valence-electron chi connectivity index (χ3n) is 5.72. The summed E-state index contributed by atoms with van der Waals surface area (Å²) in [6.07, 6.45) is 7.56. The molecule has 2 aliphatic carbocycles. The number of amides is 2. The first-order chi connectivity index (χ1) is 10.7. The summed E-state index contributed by atoms with van der Waals surface area (Å²) in [5.74, 6) is 2.54. The molecule has 0 unspecified atom stereocenters. The highest BCUT2D eigenvalue weighted by atomic mass is 16.2. The number of piperazine rings is 1. The molecule has 2 bridgehead atoms. The molecule has 22 heavy (non-hydrogen) atoms. The molecule has 3 aliphatic rings. The predicted octanol–water partition coefficient (Wildman–Crippen LogP) is 1.76. The Bertz CT molecular complexity index is 548. The number of anilines is 1. The molecular weight excluding hydrogens is 278 g/mol. The second-order valence-corrected chi connectivity index (χ2v) is 7.07. The van der Waals surface area contributed by atoms with Crippen LogP contribution in [0.2, 0.25) is 0 Å². The van der Waals surface area contributed by atoms with Crippen molar-refractivity contribution in [2.45, 2.75) is 31.7 Å². The molecule has 4 rings (SSSR count). The Morgan fingerprint density at radius 2 is 2.05 bits per heavy atom. The second-order valence-electron chi connectivity index (χ2n) is 7.07. The van der Waals surface area contributed by atoms with E-state index in [0.717, 1.165) is 44.1 Å². The van der Waals surface area contributed by atoms with Gasteiger partial charge in [0.25, 0.3) is 0 Å². The number of hydrogen-bond acceptors (Lipinski definition) is 3. The van der Waals surface area contributed by atoms with Crippen molar-refractivity contribution >= 4 is 11.8 Å². The minimum absolute atomic E-state index is 0.0220. The molecule has 0 aromatic carbocycles. The van der Waals surface area contributed by atoms with Crippen molar-refractivity contribution in [3.63, 3.8) is 0 Å². The number of fused-ring (bicyclic) bond motifs is 2. The van der Waals surface area contributed by atoms with Gasteiger partial charge in [0.1, 0.15) is 0 Å². The molecule has 2 saturated carbocycles. The van der Waals surface area contributed by atoms with Gasteiger partial charge in [-0.3, -0.25) is 14.9 Å². The zero-order valence-electron chi connectivity index (χ0n) is 13.2. The SMILES string of the molecule is Cn1ccc(NC(=O)N2CCN([C@H]3C[C@H]4CC[C@H]3C4)CC2)n1. The Kier molecular flexibility index (Phi) is 3.56. The largest absolute Gasteiger partial charge is 0.323 e. The number of urea groups is 1. The van der Waals surface area contributed by atoms with Crippen molar-refractivity contribution in [3.8, 4) is 0 Å². The summed E-state index contributed by atoms with van der Waals surface area (Å²) in [6.45, 7) is 3.69. The maximum atomic E-state index is 12.3. The molecule has 1 aromatic rings. The van der Waals surface area contributed by atoms with Gasteiger partial charge in [0.05, 0.1) is 0 Å². The highest BCUT2D eigenvalue weighted by Crippen LogP contribution is 2.46. The Labute approximate surface area is 131 Å². The number of nitrogens with one attached hydrogen (secondary N) is 1. The molecule has 3 fully saturated rings. The van der Waals surface area contributed by atoms with E-state index in [4.69, 9.17) is 0 Å². The fourth-order valence-corrected chi connectivity index (χ4v) is 4.59. The van der Waals surface area contributed by atoms with E-state index in [2.05, 4.69) is 15.3 Å². The van der Waals surface area contributed by atoms with Crippen molar-refractivity contribution in [1.82, 2.24) is 19.6 Å². The van der Waals surface area contributed by atoms with E-state index in [1.165, 1.54) is 25.7 Å². The first-order valence-electron chi connectivity index (χ1n) is 8.48. The van der Waals surface area contributed by atoms with Crippen molar-refractivity contribution in [2.75, 3.05) is 31.5 Å². The molecule has 1 aliphatic heterocycles. The van der Waals surface area contributed by atoms with Gasteiger partial charge in [-0.25, -0.2) is 4.79 Å². The molecule has 6 nitrogen and oxygen atoms in total. The van der Waals surface area contributed by atoms with E-state index < -0.39 is 0 Å². The Balaban J connectivity index is 1.29. The molecule has 0 spiro atoms. The third-order valence-corrected chi connectivity index (χ3v) is 5.72. The van der Waals surface area contributed by atoms with E-state index in [-0.39, 0.29) is 6.03 Å². The lowest BCUT2D eigenvalue weighted by molar-refractivity contribution is 0.0859. The van der Waals surface area contributed by atoms with Crippen molar-refractivity contribution in [3.05, 3.63) is 12.3 Å². The lowest BCUT2D eigenvalue weighted by Gasteiger charge is -2.40. The van der Waals surface area contributed by atoms with E-state index >= 15 is 0 Å². The maximum Gasteiger partial charge on any atom is 0.323 e. The quantitative estimate of drug-likeness (QED) is 0.906. The zero-order chi connectivity index (χ0) is 15.1. The van der Waals surface area contributed by atoms with E-state index in [1.54, 1.807) is 4.68 Å².